The summed E-state index contributed by atoms with van der Waals surface area (Å²) >= 11 is 0. The van der Waals surface area contributed by atoms with Crippen molar-refractivity contribution in [1.29, 1.82) is 0 Å². The third-order valence-electron chi connectivity index (χ3n) is 5.31. The van der Waals surface area contributed by atoms with Crippen molar-refractivity contribution in [2.24, 2.45) is 5.73 Å². The van der Waals surface area contributed by atoms with Gasteiger partial charge in [-0.05, 0) is 50.3 Å². The van der Waals surface area contributed by atoms with E-state index in [0.717, 1.165) is 26.1 Å². The molecule has 1 saturated heterocycles. The van der Waals surface area contributed by atoms with Crippen molar-refractivity contribution in [1.82, 2.24) is 4.90 Å². The summed E-state index contributed by atoms with van der Waals surface area (Å²) in [5.74, 6) is 0. The molecule has 0 saturated carbocycles. The number of nitrogens with two attached hydrogens (primary N) is 1. The first-order valence-corrected chi connectivity index (χ1v) is 7.87. The van der Waals surface area contributed by atoms with E-state index in [0.29, 0.717) is 12.6 Å². The van der Waals surface area contributed by atoms with Crippen molar-refractivity contribution in [3.05, 3.63) is 35.4 Å². The SMILES string of the molecule is CN(C1CCOCC1)C1(CN)CCCc2ccccc21. The monoisotopic (exact) mass is 274 g/mol. The summed E-state index contributed by atoms with van der Waals surface area (Å²) in [7, 11) is 2.27. The zero-order chi connectivity index (χ0) is 14.0. The summed E-state index contributed by atoms with van der Waals surface area (Å²) in [6.07, 6.45) is 5.86. The van der Waals surface area contributed by atoms with Crippen molar-refractivity contribution in [3.63, 3.8) is 0 Å². The van der Waals surface area contributed by atoms with Crippen LogP contribution in [-0.2, 0) is 16.7 Å². The molecule has 0 radical (unpaired) electrons. The average molecular weight is 274 g/mol. The summed E-state index contributed by atoms with van der Waals surface area (Å²) in [6.45, 7) is 2.48. The zero-order valence-corrected chi connectivity index (χ0v) is 12.5. The standard InChI is InChI=1S/C17H26N2O/c1-19(15-8-11-20-12-9-15)17(13-18)10-4-6-14-5-2-3-7-16(14)17/h2-3,5,7,15H,4,6,8-13,18H2,1H3. The number of hydrogen-bond donors (Lipinski definition) is 1. The minimum absolute atomic E-state index is 0.0247. The Labute approximate surface area is 122 Å². The fraction of sp³-hybridized carbons (Fsp3) is 0.647. The molecule has 0 amide bonds. The number of hydrogen-bond acceptors (Lipinski definition) is 3. The summed E-state index contributed by atoms with van der Waals surface area (Å²) in [5.41, 5.74) is 9.26. The van der Waals surface area contributed by atoms with Crippen molar-refractivity contribution in [2.45, 2.75) is 43.7 Å². The molecule has 1 fully saturated rings. The molecule has 3 heteroatoms. The largest absolute Gasteiger partial charge is 0.381 e. The number of aryl methyl sites for hydroxylation is 1. The van der Waals surface area contributed by atoms with Crippen molar-refractivity contribution in [2.75, 3.05) is 26.8 Å². The molecule has 0 bridgehead atoms. The molecule has 0 aromatic heterocycles. The lowest BCUT2D eigenvalue weighted by Crippen LogP contribution is -2.56. The van der Waals surface area contributed by atoms with E-state index in [1.54, 1.807) is 0 Å². The Morgan fingerprint density at radius 1 is 1.30 bits per heavy atom. The summed E-state index contributed by atoms with van der Waals surface area (Å²) in [5, 5.41) is 0. The van der Waals surface area contributed by atoms with Gasteiger partial charge in [0.1, 0.15) is 0 Å². The minimum atomic E-state index is 0.0247. The van der Waals surface area contributed by atoms with E-state index in [9.17, 15) is 0 Å². The van der Waals surface area contributed by atoms with Crippen LogP contribution in [0, 0.1) is 0 Å². The summed E-state index contributed by atoms with van der Waals surface area (Å²) in [4.78, 5) is 2.56. The predicted octanol–water partition coefficient (Wildman–Crippen LogP) is 2.29. The van der Waals surface area contributed by atoms with Gasteiger partial charge in [-0.15, -0.1) is 0 Å². The van der Waals surface area contributed by atoms with E-state index < -0.39 is 0 Å². The van der Waals surface area contributed by atoms with Crippen LogP contribution in [0.5, 0.6) is 0 Å². The van der Waals surface area contributed by atoms with Crippen LogP contribution in [0.1, 0.15) is 36.8 Å². The molecule has 2 N–H and O–H groups in total. The second-order valence-electron chi connectivity index (χ2n) is 6.20. The highest BCUT2D eigenvalue weighted by molar-refractivity contribution is 5.37. The number of nitrogens with zero attached hydrogens (tertiary/aromatic N) is 1. The van der Waals surface area contributed by atoms with Crippen LogP contribution in [0.25, 0.3) is 0 Å². The Bertz CT molecular complexity index is 456. The lowest BCUT2D eigenvalue weighted by molar-refractivity contribution is -0.0105. The lowest BCUT2D eigenvalue weighted by Gasteiger charge is -2.49. The number of ether oxygens (including phenoxy) is 1. The van der Waals surface area contributed by atoms with E-state index in [-0.39, 0.29) is 5.54 Å². The molecule has 1 aromatic rings. The van der Waals surface area contributed by atoms with Crippen molar-refractivity contribution < 1.29 is 4.74 Å². The summed E-state index contributed by atoms with van der Waals surface area (Å²) < 4.78 is 5.52. The first kappa shape index (κ1) is 14.1. The third kappa shape index (κ3) is 2.28. The number of likely N-dealkylation sites (N-methyl/N-ethyl adjacent to an activating group) is 1. The van der Waals surface area contributed by atoms with Crippen LogP contribution in [0.4, 0.5) is 0 Å². The Morgan fingerprint density at radius 3 is 2.80 bits per heavy atom. The van der Waals surface area contributed by atoms with Gasteiger partial charge in [0.2, 0.25) is 0 Å². The van der Waals surface area contributed by atoms with Gasteiger partial charge in [-0.1, -0.05) is 24.3 Å². The molecule has 1 aliphatic heterocycles. The molecule has 20 heavy (non-hydrogen) atoms. The van der Waals surface area contributed by atoms with E-state index >= 15 is 0 Å². The fourth-order valence-electron chi connectivity index (χ4n) is 4.04. The smallest absolute Gasteiger partial charge is 0.0586 e. The molecule has 3 nitrogen and oxygen atoms in total. The average Bonchev–Trinajstić information content (AvgIpc) is 2.54. The molecule has 2 aliphatic rings. The van der Waals surface area contributed by atoms with Crippen LogP contribution >= 0.6 is 0 Å². The van der Waals surface area contributed by atoms with E-state index in [4.69, 9.17) is 10.5 Å². The number of rotatable bonds is 3. The fourth-order valence-corrected chi connectivity index (χ4v) is 4.04. The first-order valence-electron chi connectivity index (χ1n) is 7.87. The van der Waals surface area contributed by atoms with Crippen LogP contribution in [0.2, 0.25) is 0 Å². The normalized spacial score (nSPS) is 27.6. The van der Waals surface area contributed by atoms with Crippen LogP contribution < -0.4 is 5.73 Å². The maximum absolute atomic E-state index is 6.29. The third-order valence-corrected chi connectivity index (χ3v) is 5.31. The van der Waals surface area contributed by atoms with Crippen LogP contribution in [0.3, 0.4) is 0 Å². The van der Waals surface area contributed by atoms with Gasteiger partial charge >= 0.3 is 0 Å². The maximum Gasteiger partial charge on any atom is 0.0586 e. The Balaban J connectivity index is 1.95. The second-order valence-corrected chi connectivity index (χ2v) is 6.20. The van der Waals surface area contributed by atoms with Gasteiger partial charge in [-0.3, -0.25) is 4.90 Å². The Hall–Kier alpha value is -0.900. The van der Waals surface area contributed by atoms with E-state index in [1.165, 1.54) is 30.4 Å². The van der Waals surface area contributed by atoms with Crippen LogP contribution in [-0.4, -0.2) is 37.7 Å². The molecule has 1 unspecified atom stereocenters. The van der Waals surface area contributed by atoms with Gasteiger partial charge in [0, 0.05) is 25.8 Å². The highest BCUT2D eigenvalue weighted by atomic mass is 16.5. The number of benzene rings is 1. The second kappa shape index (κ2) is 5.84. The molecule has 3 rings (SSSR count). The van der Waals surface area contributed by atoms with Gasteiger partial charge in [0.05, 0.1) is 5.54 Å². The Kier molecular flexibility index (Phi) is 4.11. The van der Waals surface area contributed by atoms with Crippen LogP contribution in [0.15, 0.2) is 24.3 Å². The van der Waals surface area contributed by atoms with Crippen molar-refractivity contribution in [3.8, 4) is 0 Å². The van der Waals surface area contributed by atoms with Gasteiger partial charge in [-0.2, -0.15) is 0 Å². The first-order chi connectivity index (χ1) is 9.78. The molecule has 1 aliphatic carbocycles. The van der Waals surface area contributed by atoms with Gasteiger partial charge < -0.3 is 10.5 Å². The minimum Gasteiger partial charge on any atom is -0.381 e. The quantitative estimate of drug-likeness (QED) is 0.919. The molecule has 1 aromatic carbocycles. The van der Waals surface area contributed by atoms with Gasteiger partial charge in [-0.25, -0.2) is 0 Å². The van der Waals surface area contributed by atoms with E-state index in [1.807, 2.05) is 0 Å². The summed E-state index contributed by atoms with van der Waals surface area (Å²) in [6, 6.07) is 9.47. The van der Waals surface area contributed by atoms with Gasteiger partial charge in [0.15, 0.2) is 0 Å². The van der Waals surface area contributed by atoms with E-state index in [2.05, 4.69) is 36.2 Å². The molecule has 1 heterocycles. The highest BCUT2D eigenvalue weighted by Crippen LogP contribution is 2.40. The molecule has 1 atom stereocenters. The molecular formula is C17H26N2O. The topological polar surface area (TPSA) is 38.5 Å². The molecule has 0 spiro atoms. The molecule has 110 valence electrons. The highest BCUT2D eigenvalue weighted by Gasteiger charge is 2.41. The zero-order valence-electron chi connectivity index (χ0n) is 12.5. The Morgan fingerprint density at radius 2 is 2.05 bits per heavy atom. The number of fused-ring (bicyclic) bond motifs is 1. The van der Waals surface area contributed by atoms with Gasteiger partial charge in [0.25, 0.3) is 0 Å². The predicted molar refractivity (Wildman–Crippen MR) is 81.7 cm³/mol. The maximum atomic E-state index is 6.29. The molecular weight excluding hydrogens is 248 g/mol. The lowest BCUT2D eigenvalue weighted by atomic mass is 9.74. The van der Waals surface area contributed by atoms with Crippen molar-refractivity contribution >= 4 is 0 Å².